The maximum absolute atomic E-state index is 13.9. The molecule has 4 nitrogen and oxygen atoms in total. The zero-order chi connectivity index (χ0) is 17.7. The van der Waals surface area contributed by atoms with E-state index in [0.29, 0.717) is 23.4 Å². The van der Waals surface area contributed by atoms with Gasteiger partial charge in [0.05, 0.1) is 0 Å². The largest absolute Gasteiger partial charge is 0.448 e. The first-order valence-corrected chi connectivity index (χ1v) is 9.21. The predicted molar refractivity (Wildman–Crippen MR) is 94.8 cm³/mol. The monoisotopic (exact) mass is 353 g/mol. The fraction of sp³-hybridized carbons (Fsp3) is 0.381. The molecule has 1 spiro atoms. The molecule has 0 saturated heterocycles. The Balaban J connectivity index is 1.27. The molecule has 2 fully saturated rings. The van der Waals surface area contributed by atoms with Gasteiger partial charge in [0.1, 0.15) is 5.82 Å². The van der Waals surface area contributed by atoms with Crippen molar-refractivity contribution in [3.63, 3.8) is 0 Å². The normalized spacial score (nSPS) is 24.7. The Kier molecular flexibility index (Phi) is 3.45. The minimum Gasteiger partial charge on any atom is -0.448 e. The number of carbonyl (C=O) groups is 1. The third-order valence-corrected chi connectivity index (χ3v) is 5.60. The average molecular weight is 353 g/mol. The Morgan fingerprint density at radius 2 is 1.85 bits per heavy atom. The van der Waals surface area contributed by atoms with Crippen molar-refractivity contribution in [2.45, 2.75) is 43.8 Å². The van der Waals surface area contributed by atoms with Crippen molar-refractivity contribution in [2.24, 2.45) is 5.92 Å². The van der Waals surface area contributed by atoms with E-state index in [0.717, 1.165) is 31.4 Å². The van der Waals surface area contributed by atoms with Gasteiger partial charge in [-0.05, 0) is 48.9 Å². The molecular formula is C21H20FNO3. The zero-order valence-electron chi connectivity index (χ0n) is 14.3. The molecule has 26 heavy (non-hydrogen) atoms. The molecule has 5 heteroatoms. The number of halogens is 1. The van der Waals surface area contributed by atoms with Crippen molar-refractivity contribution < 1.29 is 18.7 Å². The lowest BCUT2D eigenvalue weighted by atomic mass is 10.1. The fourth-order valence-electron chi connectivity index (χ4n) is 4.13. The summed E-state index contributed by atoms with van der Waals surface area (Å²) in [7, 11) is 0. The van der Waals surface area contributed by atoms with Gasteiger partial charge in [0.15, 0.2) is 11.5 Å². The van der Waals surface area contributed by atoms with Crippen molar-refractivity contribution in [3.8, 4) is 11.5 Å². The van der Waals surface area contributed by atoms with Crippen LogP contribution in [0.25, 0.3) is 0 Å². The first-order chi connectivity index (χ1) is 12.6. The number of rotatable bonds is 3. The highest BCUT2D eigenvalue weighted by Gasteiger charge is 2.46. The highest BCUT2D eigenvalue weighted by molar-refractivity contribution is 5.95. The van der Waals surface area contributed by atoms with Gasteiger partial charge in [-0.2, -0.15) is 0 Å². The van der Waals surface area contributed by atoms with Crippen LogP contribution >= 0.6 is 0 Å². The number of benzene rings is 2. The zero-order valence-corrected chi connectivity index (χ0v) is 14.3. The Hall–Kier alpha value is -2.56. The average Bonchev–Trinajstić information content (AvgIpc) is 3.17. The van der Waals surface area contributed by atoms with E-state index in [9.17, 15) is 9.18 Å². The van der Waals surface area contributed by atoms with E-state index in [-0.39, 0.29) is 23.6 Å². The molecule has 0 aromatic heterocycles. The molecule has 134 valence electrons. The summed E-state index contributed by atoms with van der Waals surface area (Å²) in [4.78, 5) is 12.5. The predicted octanol–water partition coefficient (Wildman–Crippen LogP) is 4.61. The Bertz CT molecular complexity index is 875. The minimum atomic E-state index is -0.503. The fourth-order valence-corrected chi connectivity index (χ4v) is 4.13. The van der Waals surface area contributed by atoms with Crippen molar-refractivity contribution in [2.75, 3.05) is 5.32 Å². The lowest BCUT2D eigenvalue weighted by Gasteiger charge is -2.21. The summed E-state index contributed by atoms with van der Waals surface area (Å²) in [5.74, 6) is 0.389. The summed E-state index contributed by atoms with van der Waals surface area (Å²) in [6, 6.07) is 12.2. The van der Waals surface area contributed by atoms with Crippen molar-refractivity contribution in [1.29, 1.82) is 0 Å². The number of ether oxygens (including phenoxy) is 2. The topological polar surface area (TPSA) is 47.6 Å². The van der Waals surface area contributed by atoms with Crippen molar-refractivity contribution in [3.05, 3.63) is 53.8 Å². The molecular weight excluding hydrogens is 333 g/mol. The molecule has 0 radical (unpaired) electrons. The summed E-state index contributed by atoms with van der Waals surface area (Å²) >= 11 is 0. The van der Waals surface area contributed by atoms with Gasteiger partial charge >= 0.3 is 0 Å². The molecule has 1 aliphatic heterocycles. The molecule has 2 saturated carbocycles. The van der Waals surface area contributed by atoms with Crippen LogP contribution in [0, 0.1) is 11.7 Å². The second-order valence-corrected chi connectivity index (χ2v) is 7.44. The Morgan fingerprint density at radius 1 is 1.08 bits per heavy atom. The standard InChI is InChI=1S/C21H20FNO3/c22-17-6-2-1-5-14(17)15-12-16(15)20(24)23-13-7-8-18-19(11-13)26-21(25-18)9-3-4-10-21/h1-2,5-8,11,15-16H,3-4,9-10,12H2,(H,23,24)/t15-,16+/m1/s1. The van der Waals surface area contributed by atoms with E-state index in [1.54, 1.807) is 12.1 Å². The van der Waals surface area contributed by atoms with Crippen LogP contribution in [0.5, 0.6) is 11.5 Å². The molecule has 2 aromatic rings. The highest BCUT2D eigenvalue weighted by atomic mass is 19.1. The van der Waals surface area contributed by atoms with Crippen molar-refractivity contribution >= 4 is 11.6 Å². The van der Waals surface area contributed by atoms with Crippen LogP contribution < -0.4 is 14.8 Å². The maximum Gasteiger partial charge on any atom is 0.251 e. The summed E-state index contributed by atoms with van der Waals surface area (Å²) in [6.07, 6.45) is 4.69. The van der Waals surface area contributed by atoms with E-state index in [1.165, 1.54) is 6.07 Å². The number of carbonyl (C=O) groups excluding carboxylic acids is 1. The Morgan fingerprint density at radius 3 is 2.65 bits per heavy atom. The summed E-state index contributed by atoms with van der Waals surface area (Å²) in [5.41, 5.74) is 1.31. The van der Waals surface area contributed by atoms with E-state index in [2.05, 4.69) is 5.32 Å². The van der Waals surface area contributed by atoms with Crippen LogP contribution in [-0.4, -0.2) is 11.7 Å². The van der Waals surface area contributed by atoms with Crippen molar-refractivity contribution in [1.82, 2.24) is 0 Å². The van der Waals surface area contributed by atoms with Gasteiger partial charge in [0.2, 0.25) is 5.91 Å². The number of fused-ring (bicyclic) bond motifs is 1. The first kappa shape index (κ1) is 15.7. The second kappa shape index (κ2) is 5.73. The molecule has 5 rings (SSSR count). The van der Waals surface area contributed by atoms with Gasteiger partial charge in [0.25, 0.3) is 5.79 Å². The number of hydrogen-bond acceptors (Lipinski definition) is 3. The van der Waals surface area contributed by atoms with E-state index < -0.39 is 5.79 Å². The Labute approximate surface area is 151 Å². The smallest absolute Gasteiger partial charge is 0.251 e. The van der Waals surface area contributed by atoms with E-state index in [4.69, 9.17) is 9.47 Å². The lowest BCUT2D eigenvalue weighted by Crippen LogP contribution is -2.34. The summed E-state index contributed by atoms with van der Waals surface area (Å²) < 4.78 is 25.9. The quantitative estimate of drug-likeness (QED) is 0.877. The van der Waals surface area contributed by atoms with Gasteiger partial charge < -0.3 is 14.8 Å². The van der Waals surface area contributed by atoms with Gasteiger partial charge in [-0.25, -0.2) is 4.39 Å². The van der Waals surface area contributed by atoms with Gasteiger partial charge in [-0.15, -0.1) is 0 Å². The molecule has 3 aliphatic rings. The molecule has 2 aromatic carbocycles. The number of nitrogens with one attached hydrogen (secondary N) is 1. The number of anilines is 1. The molecule has 1 N–H and O–H groups in total. The number of hydrogen-bond donors (Lipinski definition) is 1. The minimum absolute atomic E-state index is 0.0352. The van der Waals surface area contributed by atoms with Crippen LogP contribution in [-0.2, 0) is 4.79 Å². The maximum atomic E-state index is 13.9. The molecule has 2 aliphatic carbocycles. The third kappa shape index (κ3) is 2.62. The van der Waals surface area contributed by atoms with Crippen LogP contribution in [0.15, 0.2) is 42.5 Å². The van der Waals surface area contributed by atoms with E-state index in [1.807, 2.05) is 24.3 Å². The van der Waals surface area contributed by atoms with Crippen LogP contribution in [0.2, 0.25) is 0 Å². The summed E-state index contributed by atoms with van der Waals surface area (Å²) in [5, 5.41) is 2.93. The highest BCUT2D eigenvalue weighted by Crippen LogP contribution is 2.50. The lowest BCUT2D eigenvalue weighted by molar-refractivity contribution is -0.117. The second-order valence-electron chi connectivity index (χ2n) is 7.44. The summed E-state index contributed by atoms with van der Waals surface area (Å²) in [6.45, 7) is 0. The van der Waals surface area contributed by atoms with Crippen LogP contribution in [0.4, 0.5) is 10.1 Å². The third-order valence-electron chi connectivity index (χ3n) is 5.60. The first-order valence-electron chi connectivity index (χ1n) is 9.21. The molecule has 0 unspecified atom stereocenters. The van der Waals surface area contributed by atoms with Crippen LogP contribution in [0.1, 0.15) is 43.6 Å². The molecule has 1 amide bonds. The van der Waals surface area contributed by atoms with Gasteiger partial charge in [0, 0.05) is 30.5 Å². The number of amides is 1. The van der Waals surface area contributed by atoms with Gasteiger partial charge in [-0.1, -0.05) is 18.2 Å². The van der Waals surface area contributed by atoms with Gasteiger partial charge in [-0.3, -0.25) is 4.79 Å². The molecule has 1 heterocycles. The SMILES string of the molecule is O=C(Nc1ccc2c(c1)OC1(CCCC1)O2)[C@H]1C[C@@H]1c1ccccc1F. The molecule has 0 bridgehead atoms. The van der Waals surface area contributed by atoms with Crippen LogP contribution in [0.3, 0.4) is 0 Å². The van der Waals surface area contributed by atoms with E-state index >= 15 is 0 Å². The molecule has 2 atom stereocenters.